The smallest absolute Gasteiger partial charge is 0.202 e. The fraction of sp³-hybridized carbons (Fsp3) is 0.778. The Labute approximate surface area is 88.5 Å². The van der Waals surface area contributed by atoms with Crippen LogP contribution in [0.1, 0.15) is 13.3 Å². The highest BCUT2D eigenvalue weighted by molar-refractivity contribution is 7.09. The van der Waals surface area contributed by atoms with Crippen molar-refractivity contribution in [3.8, 4) is 0 Å². The largest absolute Gasteiger partial charge is 0.360 e. The molecule has 1 aliphatic heterocycles. The molecule has 1 saturated heterocycles. The van der Waals surface area contributed by atoms with Crippen LogP contribution >= 0.6 is 11.5 Å². The first-order valence-corrected chi connectivity index (χ1v) is 5.88. The molecule has 1 N–H and O–H groups in total. The van der Waals surface area contributed by atoms with Crippen molar-refractivity contribution in [1.82, 2.24) is 14.3 Å². The van der Waals surface area contributed by atoms with Gasteiger partial charge < -0.3 is 10.2 Å². The molecular formula is C9H16N4S. The molecular weight excluding hydrogens is 196 g/mol. The van der Waals surface area contributed by atoms with Crippen molar-refractivity contribution in [3.63, 3.8) is 0 Å². The Morgan fingerprint density at radius 1 is 1.71 bits per heavy atom. The van der Waals surface area contributed by atoms with E-state index in [4.69, 9.17) is 0 Å². The summed E-state index contributed by atoms with van der Waals surface area (Å²) >= 11 is 1.43. The molecule has 4 nitrogen and oxygen atoms in total. The number of aromatic nitrogens is 2. The van der Waals surface area contributed by atoms with E-state index < -0.39 is 0 Å². The minimum absolute atomic E-state index is 0.777. The molecule has 78 valence electrons. The van der Waals surface area contributed by atoms with Crippen LogP contribution in [-0.4, -0.2) is 40.4 Å². The lowest BCUT2D eigenvalue weighted by atomic mass is 10.1. The third-order valence-electron chi connectivity index (χ3n) is 2.72. The average Bonchev–Trinajstić information content (AvgIpc) is 2.86. The fourth-order valence-corrected chi connectivity index (χ4v) is 2.29. The van der Waals surface area contributed by atoms with Crippen molar-refractivity contribution in [1.29, 1.82) is 0 Å². The summed E-state index contributed by atoms with van der Waals surface area (Å²) in [6, 6.07) is 0. The average molecular weight is 212 g/mol. The minimum atomic E-state index is 0.777. The lowest BCUT2D eigenvalue weighted by Crippen LogP contribution is -2.22. The number of anilines is 1. The Morgan fingerprint density at radius 3 is 3.29 bits per heavy atom. The maximum Gasteiger partial charge on any atom is 0.202 e. The second-order valence-corrected chi connectivity index (χ2v) is 4.46. The standard InChI is InChI=1S/C9H16N4S/c1-2-13-4-3-8(6-13)5-10-9-11-7-12-14-9/h7-8H,2-6H2,1H3,(H,10,11,12). The first-order chi connectivity index (χ1) is 6.88. The van der Waals surface area contributed by atoms with Crippen LogP contribution in [0, 0.1) is 5.92 Å². The molecule has 1 fully saturated rings. The van der Waals surface area contributed by atoms with Gasteiger partial charge in [-0.1, -0.05) is 6.92 Å². The van der Waals surface area contributed by atoms with E-state index in [0.29, 0.717) is 0 Å². The normalized spacial score (nSPS) is 22.8. The van der Waals surface area contributed by atoms with Gasteiger partial charge in [0.25, 0.3) is 0 Å². The van der Waals surface area contributed by atoms with Gasteiger partial charge >= 0.3 is 0 Å². The van der Waals surface area contributed by atoms with Crippen LogP contribution in [0.2, 0.25) is 0 Å². The van der Waals surface area contributed by atoms with Gasteiger partial charge in [-0.3, -0.25) is 0 Å². The molecule has 0 radical (unpaired) electrons. The third kappa shape index (κ3) is 2.42. The zero-order valence-electron chi connectivity index (χ0n) is 8.44. The van der Waals surface area contributed by atoms with E-state index in [-0.39, 0.29) is 0 Å². The maximum absolute atomic E-state index is 4.10. The van der Waals surface area contributed by atoms with Crippen molar-refractivity contribution in [2.24, 2.45) is 5.92 Å². The molecule has 0 amide bonds. The van der Waals surface area contributed by atoms with Gasteiger partial charge in [-0.2, -0.15) is 4.37 Å². The number of hydrogen-bond donors (Lipinski definition) is 1. The van der Waals surface area contributed by atoms with Gasteiger partial charge in [0.2, 0.25) is 5.13 Å². The van der Waals surface area contributed by atoms with Crippen molar-refractivity contribution in [2.45, 2.75) is 13.3 Å². The second-order valence-electron chi connectivity index (χ2n) is 3.68. The van der Waals surface area contributed by atoms with Gasteiger partial charge in [0.1, 0.15) is 6.33 Å². The molecule has 1 aliphatic rings. The molecule has 14 heavy (non-hydrogen) atoms. The summed E-state index contributed by atoms with van der Waals surface area (Å²) in [7, 11) is 0. The van der Waals surface area contributed by atoms with Gasteiger partial charge in [0.05, 0.1) is 0 Å². The van der Waals surface area contributed by atoms with Crippen LogP contribution in [0.5, 0.6) is 0 Å². The lowest BCUT2D eigenvalue weighted by molar-refractivity contribution is 0.345. The summed E-state index contributed by atoms with van der Waals surface area (Å²) in [6.45, 7) is 6.91. The first-order valence-electron chi connectivity index (χ1n) is 5.11. The van der Waals surface area contributed by atoms with Crippen molar-refractivity contribution in [3.05, 3.63) is 6.33 Å². The molecule has 1 aromatic heterocycles. The van der Waals surface area contributed by atoms with Gasteiger partial charge in [0, 0.05) is 24.6 Å². The predicted molar refractivity (Wildman–Crippen MR) is 58.6 cm³/mol. The quantitative estimate of drug-likeness (QED) is 0.816. The summed E-state index contributed by atoms with van der Waals surface area (Å²) in [5.41, 5.74) is 0. The Morgan fingerprint density at radius 2 is 2.64 bits per heavy atom. The van der Waals surface area contributed by atoms with Crippen molar-refractivity contribution >= 4 is 16.7 Å². The zero-order chi connectivity index (χ0) is 9.80. The van der Waals surface area contributed by atoms with Crippen molar-refractivity contribution in [2.75, 3.05) is 31.5 Å². The Kier molecular flexibility index (Phi) is 3.31. The van der Waals surface area contributed by atoms with Crippen molar-refractivity contribution < 1.29 is 0 Å². The molecule has 0 aliphatic carbocycles. The fourth-order valence-electron chi connectivity index (χ4n) is 1.85. The van der Waals surface area contributed by atoms with Gasteiger partial charge in [-0.15, -0.1) is 0 Å². The van der Waals surface area contributed by atoms with Gasteiger partial charge in [-0.05, 0) is 25.4 Å². The number of nitrogens with one attached hydrogen (secondary N) is 1. The molecule has 1 aromatic rings. The van der Waals surface area contributed by atoms with E-state index in [9.17, 15) is 0 Å². The molecule has 0 aromatic carbocycles. The van der Waals surface area contributed by atoms with Crippen LogP contribution in [0.25, 0.3) is 0 Å². The van der Waals surface area contributed by atoms with E-state index in [1.807, 2.05) is 0 Å². The SMILES string of the molecule is CCN1CCC(CNc2ncns2)C1. The minimum Gasteiger partial charge on any atom is -0.360 e. The molecule has 2 rings (SSSR count). The maximum atomic E-state index is 4.10. The summed E-state index contributed by atoms with van der Waals surface area (Å²) in [5, 5.41) is 4.27. The lowest BCUT2D eigenvalue weighted by Gasteiger charge is -2.12. The highest BCUT2D eigenvalue weighted by atomic mass is 32.1. The molecule has 1 unspecified atom stereocenters. The van der Waals surface area contributed by atoms with Gasteiger partial charge in [-0.25, -0.2) is 4.98 Å². The Hall–Kier alpha value is -0.680. The molecule has 2 heterocycles. The van der Waals surface area contributed by atoms with Crippen LogP contribution in [0.15, 0.2) is 6.33 Å². The molecule has 0 spiro atoms. The number of rotatable bonds is 4. The Balaban J connectivity index is 1.72. The van der Waals surface area contributed by atoms with E-state index in [2.05, 4.69) is 26.5 Å². The highest BCUT2D eigenvalue weighted by Gasteiger charge is 2.20. The summed E-state index contributed by atoms with van der Waals surface area (Å²) < 4.78 is 3.96. The van der Waals surface area contributed by atoms with Crippen LogP contribution in [0.3, 0.4) is 0 Å². The van der Waals surface area contributed by atoms with Gasteiger partial charge in [0.15, 0.2) is 0 Å². The predicted octanol–water partition coefficient (Wildman–Crippen LogP) is 1.29. The number of hydrogen-bond acceptors (Lipinski definition) is 5. The summed E-state index contributed by atoms with van der Waals surface area (Å²) in [6.07, 6.45) is 2.90. The first kappa shape index (κ1) is 9.86. The van der Waals surface area contributed by atoms with Crippen LogP contribution < -0.4 is 5.32 Å². The molecule has 0 bridgehead atoms. The highest BCUT2D eigenvalue weighted by Crippen LogP contribution is 2.16. The zero-order valence-corrected chi connectivity index (χ0v) is 9.26. The monoisotopic (exact) mass is 212 g/mol. The Bertz CT molecular complexity index is 262. The number of nitrogens with zero attached hydrogens (tertiary/aromatic N) is 3. The molecule has 1 atom stereocenters. The van der Waals surface area contributed by atoms with E-state index in [1.54, 1.807) is 6.33 Å². The van der Waals surface area contributed by atoms with E-state index >= 15 is 0 Å². The third-order valence-corrected chi connectivity index (χ3v) is 3.34. The van der Waals surface area contributed by atoms with Crippen LogP contribution in [0.4, 0.5) is 5.13 Å². The van der Waals surface area contributed by atoms with Crippen LogP contribution in [-0.2, 0) is 0 Å². The summed E-state index contributed by atoms with van der Waals surface area (Å²) in [4.78, 5) is 6.59. The molecule has 0 saturated carbocycles. The van der Waals surface area contributed by atoms with E-state index in [1.165, 1.54) is 37.6 Å². The number of likely N-dealkylation sites (tertiary alicyclic amines) is 1. The molecule has 5 heteroatoms. The summed E-state index contributed by atoms with van der Waals surface area (Å²) in [5.74, 6) is 0.777. The van der Waals surface area contributed by atoms with E-state index in [0.717, 1.165) is 17.6 Å². The topological polar surface area (TPSA) is 41.0 Å². The second kappa shape index (κ2) is 4.70.